The maximum absolute atomic E-state index is 10.2. The van der Waals surface area contributed by atoms with E-state index in [1.165, 1.54) is 0 Å². The first kappa shape index (κ1) is 12.5. The average Bonchev–Trinajstić information content (AvgIpc) is 2.55. The molecule has 2 nitrogen and oxygen atoms in total. The van der Waals surface area contributed by atoms with Crippen LogP contribution in [0.2, 0.25) is 5.02 Å². The van der Waals surface area contributed by atoms with Gasteiger partial charge < -0.3 is 9.67 Å². The van der Waals surface area contributed by atoms with Gasteiger partial charge in [0.1, 0.15) is 0 Å². The van der Waals surface area contributed by atoms with Crippen LogP contribution in [0, 0.1) is 0 Å². The summed E-state index contributed by atoms with van der Waals surface area (Å²) in [6.45, 7) is 7.84. The maximum atomic E-state index is 10.2. The molecule has 1 heterocycles. The molecule has 2 aromatic rings. The monoisotopic (exact) mass is 251 g/mol. The van der Waals surface area contributed by atoms with Gasteiger partial charge in [0.25, 0.3) is 0 Å². The van der Waals surface area contributed by atoms with Crippen molar-refractivity contribution in [3.05, 3.63) is 35.0 Å². The Kier molecular flexibility index (Phi) is 2.96. The smallest absolute Gasteiger partial charge is 0.0989 e. The number of benzene rings is 1. The zero-order valence-electron chi connectivity index (χ0n) is 10.7. The molecule has 2 rings (SSSR count). The Hall–Kier alpha value is -0.990. The molecule has 0 saturated heterocycles. The van der Waals surface area contributed by atoms with Gasteiger partial charge in [0, 0.05) is 22.0 Å². The van der Waals surface area contributed by atoms with Gasteiger partial charge in [-0.2, -0.15) is 0 Å². The summed E-state index contributed by atoms with van der Waals surface area (Å²) in [5, 5.41) is 12.0. The van der Waals surface area contributed by atoms with E-state index in [4.69, 9.17) is 11.6 Å². The third-order valence-corrected chi connectivity index (χ3v) is 3.18. The second kappa shape index (κ2) is 4.04. The summed E-state index contributed by atoms with van der Waals surface area (Å²) in [6.07, 6.45) is 0. The molecule has 0 aliphatic rings. The molecule has 1 N–H and O–H groups in total. The highest BCUT2D eigenvalue weighted by molar-refractivity contribution is 6.31. The summed E-state index contributed by atoms with van der Waals surface area (Å²) in [6, 6.07) is 8.14. The lowest BCUT2D eigenvalue weighted by Crippen LogP contribution is -2.21. The lowest BCUT2D eigenvalue weighted by atomic mass is 10.1. The normalized spacial score (nSPS) is 12.6. The number of hydrogen-bond donors (Lipinski definition) is 1. The molecule has 0 aliphatic carbocycles. The number of nitrogens with zero attached hydrogens (tertiary/aromatic N) is 1. The van der Waals surface area contributed by atoms with Gasteiger partial charge in [-0.1, -0.05) is 11.6 Å². The SMILES string of the molecule is CC(C)n1c(C(C)(C)O)cc2cc(Cl)ccc21. The molecular formula is C14H18ClNO. The highest BCUT2D eigenvalue weighted by Gasteiger charge is 2.23. The number of hydrogen-bond acceptors (Lipinski definition) is 1. The van der Waals surface area contributed by atoms with Crippen molar-refractivity contribution in [3.8, 4) is 0 Å². The standard InChI is InChI=1S/C14H18ClNO/c1-9(2)16-12-6-5-11(15)7-10(12)8-13(16)14(3,4)17/h5-9,17H,1-4H3. The molecule has 0 unspecified atom stereocenters. The van der Waals surface area contributed by atoms with Crippen LogP contribution in [0.25, 0.3) is 10.9 Å². The molecular weight excluding hydrogens is 234 g/mol. The maximum Gasteiger partial charge on any atom is 0.0989 e. The Morgan fingerprint density at radius 2 is 1.88 bits per heavy atom. The first-order valence-electron chi connectivity index (χ1n) is 5.84. The molecule has 1 aromatic heterocycles. The lowest BCUT2D eigenvalue weighted by Gasteiger charge is -2.23. The number of aromatic nitrogens is 1. The predicted molar refractivity (Wildman–Crippen MR) is 72.6 cm³/mol. The van der Waals surface area contributed by atoms with E-state index < -0.39 is 5.60 Å². The van der Waals surface area contributed by atoms with Gasteiger partial charge in [-0.15, -0.1) is 0 Å². The van der Waals surface area contributed by atoms with E-state index in [9.17, 15) is 5.11 Å². The van der Waals surface area contributed by atoms with E-state index in [1.54, 1.807) is 0 Å². The molecule has 0 saturated carbocycles. The quantitative estimate of drug-likeness (QED) is 0.854. The fraction of sp³-hybridized carbons (Fsp3) is 0.429. The van der Waals surface area contributed by atoms with E-state index >= 15 is 0 Å². The van der Waals surface area contributed by atoms with Gasteiger partial charge in [-0.3, -0.25) is 0 Å². The van der Waals surface area contributed by atoms with Crippen LogP contribution in [0.1, 0.15) is 39.4 Å². The second-order valence-corrected chi connectivity index (χ2v) is 5.69. The fourth-order valence-electron chi connectivity index (χ4n) is 2.23. The first-order valence-corrected chi connectivity index (χ1v) is 6.22. The summed E-state index contributed by atoms with van der Waals surface area (Å²) in [7, 11) is 0. The summed E-state index contributed by atoms with van der Waals surface area (Å²) >= 11 is 6.00. The molecule has 92 valence electrons. The summed E-state index contributed by atoms with van der Waals surface area (Å²) in [5.74, 6) is 0. The third kappa shape index (κ3) is 2.20. The van der Waals surface area contributed by atoms with Gasteiger partial charge in [-0.25, -0.2) is 0 Å². The molecule has 3 heteroatoms. The predicted octanol–water partition coefficient (Wildman–Crippen LogP) is 4.10. The van der Waals surface area contributed by atoms with Crippen molar-refractivity contribution in [1.29, 1.82) is 0 Å². The number of fused-ring (bicyclic) bond motifs is 1. The first-order chi connectivity index (χ1) is 7.80. The third-order valence-electron chi connectivity index (χ3n) is 2.94. The van der Waals surface area contributed by atoms with Crippen molar-refractivity contribution in [1.82, 2.24) is 4.57 Å². The highest BCUT2D eigenvalue weighted by atomic mass is 35.5. The lowest BCUT2D eigenvalue weighted by molar-refractivity contribution is 0.0691. The fourth-order valence-corrected chi connectivity index (χ4v) is 2.42. The largest absolute Gasteiger partial charge is 0.384 e. The minimum Gasteiger partial charge on any atom is -0.384 e. The van der Waals surface area contributed by atoms with Gasteiger partial charge in [0.2, 0.25) is 0 Å². The van der Waals surface area contributed by atoms with Crippen LogP contribution >= 0.6 is 11.6 Å². The Balaban J connectivity index is 2.80. The summed E-state index contributed by atoms with van der Waals surface area (Å²) in [4.78, 5) is 0. The van der Waals surface area contributed by atoms with Crippen LogP contribution in [0.4, 0.5) is 0 Å². The number of aliphatic hydroxyl groups is 1. The van der Waals surface area contributed by atoms with E-state index in [0.717, 1.165) is 21.6 Å². The zero-order chi connectivity index (χ0) is 12.8. The van der Waals surface area contributed by atoms with Crippen LogP contribution in [0.15, 0.2) is 24.3 Å². The van der Waals surface area contributed by atoms with Crippen molar-refractivity contribution in [3.63, 3.8) is 0 Å². The molecule has 0 spiro atoms. The molecule has 0 amide bonds. The molecule has 0 radical (unpaired) electrons. The summed E-state index contributed by atoms with van der Waals surface area (Å²) < 4.78 is 2.16. The van der Waals surface area contributed by atoms with Crippen LogP contribution in [0.5, 0.6) is 0 Å². The molecule has 1 aromatic carbocycles. The van der Waals surface area contributed by atoms with Gasteiger partial charge in [0.05, 0.1) is 11.3 Å². The van der Waals surface area contributed by atoms with Crippen LogP contribution < -0.4 is 0 Å². The van der Waals surface area contributed by atoms with Crippen LogP contribution in [-0.2, 0) is 5.60 Å². The minimum atomic E-state index is -0.851. The van der Waals surface area contributed by atoms with Crippen molar-refractivity contribution in [2.45, 2.75) is 39.3 Å². The van der Waals surface area contributed by atoms with Crippen LogP contribution in [-0.4, -0.2) is 9.67 Å². The average molecular weight is 252 g/mol. The Morgan fingerprint density at radius 1 is 1.24 bits per heavy atom. The highest BCUT2D eigenvalue weighted by Crippen LogP contribution is 2.32. The van der Waals surface area contributed by atoms with Crippen molar-refractivity contribution < 1.29 is 5.11 Å². The molecule has 17 heavy (non-hydrogen) atoms. The second-order valence-electron chi connectivity index (χ2n) is 5.26. The Morgan fingerprint density at radius 3 is 2.41 bits per heavy atom. The van der Waals surface area contributed by atoms with Gasteiger partial charge in [-0.05, 0) is 52.0 Å². The molecule has 0 aliphatic heterocycles. The van der Waals surface area contributed by atoms with E-state index in [1.807, 2.05) is 38.1 Å². The minimum absolute atomic E-state index is 0.301. The van der Waals surface area contributed by atoms with Gasteiger partial charge >= 0.3 is 0 Å². The van der Waals surface area contributed by atoms with Crippen LogP contribution in [0.3, 0.4) is 0 Å². The number of halogens is 1. The molecule has 0 atom stereocenters. The summed E-state index contributed by atoms with van der Waals surface area (Å²) in [5.41, 5.74) is 1.18. The zero-order valence-corrected chi connectivity index (χ0v) is 11.4. The number of rotatable bonds is 2. The Bertz CT molecular complexity index is 549. The van der Waals surface area contributed by atoms with Crippen molar-refractivity contribution >= 4 is 22.5 Å². The van der Waals surface area contributed by atoms with E-state index in [2.05, 4.69) is 18.4 Å². The topological polar surface area (TPSA) is 25.2 Å². The van der Waals surface area contributed by atoms with E-state index in [-0.39, 0.29) is 0 Å². The Labute approximate surface area is 107 Å². The van der Waals surface area contributed by atoms with Crippen molar-refractivity contribution in [2.24, 2.45) is 0 Å². The van der Waals surface area contributed by atoms with E-state index in [0.29, 0.717) is 6.04 Å². The van der Waals surface area contributed by atoms with Crippen molar-refractivity contribution in [2.75, 3.05) is 0 Å². The van der Waals surface area contributed by atoms with Gasteiger partial charge in [0.15, 0.2) is 0 Å². The molecule has 0 fully saturated rings. The molecule has 0 bridgehead atoms.